The van der Waals surface area contributed by atoms with Gasteiger partial charge in [0.25, 0.3) is 0 Å². The Kier molecular flexibility index (Phi) is 1.71. The summed E-state index contributed by atoms with van der Waals surface area (Å²) in [7, 11) is 0. The second kappa shape index (κ2) is 2.95. The fourth-order valence-corrected chi connectivity index (χ4v) is 2.59. The number of hydrogen-bond acceptors (Lipinski definition) is 3. The lowest BCUT2D eigenvalue weighted by Gasteiger charge is -2.07. The second-order valence-corrected chi connectivity index (χ2v) is 4.22. The number of carbonyl (C=O) groups excluding carboxylic acids is 1. The summed E-state index contributed by atoms with van der Waals surface area (Å²) in [6.45, 7) is 0. The molecule has 0 aromatic carbocycles. The van der Waals surface area contributed by atoms with E-state index < -0.39 is 0 Å². The third-order valence-electron chi connectivity index (χ3n) is 3.34. The summed E-state index contributed by atoms with van der Waals surface area (Å²) in [6, 6.07) is 3.80. The number of hydrogen-bond donors (Lipinski definition) is 1. The minimum absolute atomic E-state index is 0.0462. The Morgan fingerprint density at radius 3 is 3.20 bits per heavy atom. The molecular weight excluding hydrogens is 192 g/mol. The third-order valence-corrected chi connectivity index (χ3v) is 3.34. The van der Waals surface area contributed by atoms with Gasteiger partial charge < -0.3 is 10.5 Å². The Bertz CT molecular complexity index is 419. The Morgan fingerprint density at radius 2 is 2.40 bits per heavy atom. The van der Waals surface area contributed by atoms with Gasteiger partial charge in [-0.25, -0.2) is 0 Å². The van der Waals surface area contributed by atoms with E-state index in [1.165, 1.54) is 0 Å². The van der Waals surface area contributed by atoms with Crippen molar-refractivity contribution in [1.29, 1.82) is 0 Å². The molecule has 78 valence electrons. The molecule has 0 spiro atoms. The van der Waals surface area contributed by atoms with Crippen LogP contribution in [0.4, 0.5) is 0 Å². The smallest absolute Gasteiger partial charge is 0.220 e. The van der Waals surface area contributed by atoms with Crippen LogP contribution in [-0.2, 0) is 4.79 Å². The van der Waals surface area contributed by atoms with Crippen LogP contribution in [0.15, 0.2) is 18.3 Å². The minimum atomic E-state index is -0.217. The van der Waals surface area contributed by atoms with Gasteiger partial charge in [-0.05, 0) is 25.0 Å². The molecule has 2 N–H and O–H groups in total. The first-order chi connectivity index (χ1) is 7.25. The first kappa shape index (κ1) is 8.71. The quantitative estimate of drug-likeness (QED) is 0.736. The number of fused-ring (bicyclic) bond motifs is 3. The maximum atomic E-state index is 11.1. The molecule has 1 aromatic heterocycles. The normalized spacial score (nSPS) is 31.9. The van der Waals surface area contributed by atoms with Gasteiger partial charge in [-0.3, -0.25) is 9.78 Å². The molecule has 15 heavy (non-hydrogen) atoms. The van der Waals surface area contributed by atoms with E-state index in [-0.39, 0.29) is 23.8 Å². The van der Waals surface area contributed by atoms with Gasteiger partial charge >= 0.3 is 0 Å². The second-order valence-electron chi connectivity index (χ2n) is 4.22. The first-order valence-corrected chi connectivity index (χ1v) is 5.16. The molecule has 1 saturated carbocycles. The van der Waals surface area contributed by atoms with Crippen molar-refractivity contribution in [3.63, 3.8) is 0 Å². The predicted octanol–water partition coefficient (Wildman–Crippen LogP) is 0.821. The van der Waals surface area contributed by atoms with Crippen LogP contribution in [-0.4, -0.2) is 17.0 Å². The van der Waals surface area contributed by atoms with Crippen LogP contribution in [0.2, 0.25) is 0 Å². The lowest BCUT2D eigenvalue weighted by molar-refractivity contribution is -0.121. The van der Waals surface area contributed by atoms with E-state index in [2.05, 4.69) is 4.98 Å². The van der Waals surface area contributed by atoms with E-state index in [1.54, 1.807) is 6.20 Å². The Labute approximate surface area is 87.4 Å². The first-order valence-electron chi connectivity index (χ1n) is 5.16. The van der Waals surface area contributed by atoms with Crippen molar-refractivity contribution in [1.82, 2.24) is 4.98 Å². The highest BCUT2D eigenvalue weighted by Gasteiger charge is 2.45. The average Bonchev–Trinajstić information content (AvgIpc) is 2.73. The zero-order valence-electron chi connectivity index (χ0n) is 8.22. The van der Waals surface area contributed by atoms with Gasteiger partial charge in [-0.2, -0.15) is 0 Å². The fourth-order valence-electron chi connectivity index (χ4n) is 2.59. The van der Waals surface area contributed by atoms with Crippen LogP contribution in [0.3, 0.4) is 0 Å². The maximum Gasteiger partial charge on any atom is 0.220 e. The molecule has 1 aliphatic heterocycles. The van der Waals surface area contributed by atoms with Crippen LogP contribution >= 0.6 is 0 Å². The number of primary amides is 1. The standard InChI is InChI=1S/C11H12N2O2/c12-11(14)6-4-7-9(5-6)15-8-2-1-3-13-10(7)8/h1-3,6-7,9H,4-5H2,(H2,12,14). The van der Waals surface area contributed by atoms with E-state index in [0.717, 1.165) is 24.3 Å². The van der Waals surface area contributed by atoms with E-state index in [1.807, 2.05) is 12.1 Å². The summed E-state index contributed by atoms with van der Waals surface area (Å²) in [5, 5.41) is 0. The van der Waals surface area contributed by atoms with Crippen molar-refractivity contribution >= 4 is 5.91 Å². The monoisotopic (exact) mass is 204 g/mol. The van der Waals surface area contributed by atoms with E-state index in [0.29, 0.717) is 0 Å². The zero-order chi connectivity index (χ0) is 10.4. The topological polar surface area (TPSA) is 65.2 Å². The molecular formula is C11H12N2O2. The molecule has 0 radical (unpaired) electrons. The molecule has 2 aliphatic rings. The Morgan fingerprint density at radius 1 is 1.53 bits per heavy atom. The number of pyridine rings is 1. The van der Waals surface area contributed by atoms with Gasteiger partial charge in [0.15, 0.2) is 0 Å². The summed E-state index contributed by atoms with van der Waals surface area (Å²) in [6.07, 6.45) is 3.38. The Hall–Kier alpha value is -1.58. The van der Waals surface area contributed by atoms with Crippen LogP contribution < -0.4 is 10.5 Å². The third kappa shape index (κ3) is 1.21. The minimum Gasteiger partial charge on any atom is -0.488 e. The van der Waals surface area contributed by atoms with Gasteiger partial charge in [-0.1, -0.05) is 0 Å². The molecule has 4 nitrogen and oxygen atoms in total. The van der Waals surface area contributed by atoms with Crippen molar-refractivity contribution in [2.24, 2.45) is 11.7 Å². The number of nitrogens with zero attached hydrogens (tertiary/aromatic N) is 1. The summed E-state index contributed by atoms with van der Waals surface area (Å²) in [5.41, 5.74) is 6.30. The van der Waals surface area contributed by atoms with E-state index in [9.17, 15) is 4.79 Å². The van der Waals surface area contributed by atoms with E-state index in [4.69, 9.17) is 10.5 Å². The number of aromatic nitrogens is 1. The maximum absolute atomic E-state index is 11.1. The average molecular weight is 204 g/mol. The largest absolute Gasteiger partial charge is 0.488 e. The SMILES string of the molecule is NC(=O)C1CC2Oc3cccnc3C2C1. The van der Waals surface area contributed by atoms with Gasteiger partial charge in [0, 0.05) is 18.0 Å². The lowest BCUT2D eigenvalue weighted by atomic mass is 10.0. The molecule has 1 aromatic rings. The molecule has 3 atom stereocenters. The van der Waals surface area contributed by atoms with Crippen LogP contribution in [0.1, 0.15) is 24.5 Å². The van der Waals surface area contributed by atoms with Gasteiger partial charge in [0.2, 0.25) is 5.91 Å². The molecule has 4 heteroatoms. The summed E-state index contributed by atoms with van der Waals surface area (Å²) in [4.78, 5) is 15.4. The van der Waals surface area contributed by atoms with Crippen molar-refractivity contribution in [2.45, 2.75) is 24.9 Å². The van der Waals surface area contributed by atoms with Crippen LogP contribution in [0.5, 0.6) is 5.75 Å². The summed E-state index contributed by atoms with van der Waals surface area (Å²) >= 11 is 0. The van der Waals surface area contributed by atoms with Crippen LogP contribution in [0, 0.1) is 5.92 Å². The highest BCUT2D eigenvalue weighted by atomic mass is 16.5. The number of nitrogens with two attached hydrogens (primary N) is 1. The highest BCUT2D eigenvalue weighted by Crippen LogP contribution is 2.47. The zero-order valence-corrected chi connectivity index (χ0v) is 8.22. The lowest BCUT2D eigenvalue weighted by Crippen LogP contribution is -2.22. The summed E-state index contributed by atoms with van der Waals surface area (Å²) in [5.74, 6) is 0.870. The number of rotatable bonds is 1. The van der Waals surface area contributed by atoms with Crippen molar-refractivity contribution in [3.05, 3.63) is 24.0 Å². The van der Waals surface area contributed by atoms with Crippen molar-refractivity contribution in [3.8, 4) is 5.75 Å². The van der Waals surface area contributed by atoms with Crippen LogP contribution in [0.25, 0.3) is 0 Å². The Balaban J connectivity index is 1.91. The number of amides is 1. The van der Waals surface area contributed by atoms with Gasteiger partial charge in [0.05, 0.1) is 5.69 Å². The van der Waals surface area contributed by atoms with E-state index >= 15 is 0 Å². The summed E-state index contributed by atoms with van der Waals surface area (Å²) < 4.78 is 5.74. The van der Waals surface area contributed by atoms with Gasteiger partial charge in [-0.15, -0.1) is 0 Å². The molecule has 2 heterocycles. The molecule has 1 fully saturated rings. The molecule has 1 amide bonds. The predicted molar refractivity (Wildman–Crippen MR) is 53.3 cm³/mol. The number of carbonyl (C=O) groups is 1. The van der Waals surface area contributed by atoms with Crippen molar-refractivity contribution in [2.75, 3.05) is 0 Å². The molecule has 0 bridgehead atoms. The highest BCUT2D eigenvalue weighted by molar-refractivity contribution is 5.77. The molecule has 0 saturated heterocycles. The molecule has 1 aliphatic carbocycles. The fraction of sp³-hybridized carbons (Fsp3) is 0.455. The molecule has 3 rings (SSSR count). The number of ether oxygens (including phenoxy) is 1. The van der Waals surface area contributed by atoms with Gasteiger partial charge in [0.1, 0.15) is 11.9 Å². The molecule has 3 unspecified atom stereocenters. The van der Waals surface area contributed by atoms with Crippen molar-refractivity contribution < 1.29 is 9.53 Å².